The van der Waals surface area contributed by atoms with Crippen molar-refractivity contribution in [2.24, 2.45) is 0 Å². The summed E-state index contributed by atoms with van der Waals surface area (Å²) in [4.78, 5) is 24.2. The van der Waals surface area contributed by atoms with E-state index >= 15 is 0 Å². The first-order chi connectivity index (χ1) is 10.6. The van der Waals surface area contributed by atoms with Crippen LogP contribution in [-0.4, -0.2) is 60.8 Å². The number of rotatable bonds is 5. The molecule has 2 heterocycles. The molecule has 0 unspecified atom stereocenters. The molecule has 22 heavy (non-hydrogen) atoms. The third-order valence-electron chi connectivity index (χ3n) is 3.49. The van der Waals surface area contributed by atoms with Gasteiger partial charge in [-0.15, -0.1) is 0 Å². The van der Waals surface area contributed by atoms with E-state index in [-0.39, 0.29) is 6.09 Å². The minimum absolute atomic E-state index is 0.232. The van der Waals surface area contributed by atoms with Crippen LogP contribution in [0.5, 0.6) is 0 Å². The summed E-state index contributed by atoms with van der Waals surface area (Å²) in [6, 6.07) is 1.73. The molecule has 7 nitrogen and oxygen atoms in total. The molecule has 1 amide bonds. The number of carbonyl (C=O) groups excluding carboxylic acids is 1. The Kier molecular flexibility index (Phi) is 6.06. The number of unbranched alkanes of at least 4 members (excludes halogenated alkanes) is 1. The van der Waals surface area contributed by atoms with Crippen LogP contribution in [0.1, 0.15) is 19.8 Å². The van der Waals surface area contributed by atoms with Gasteiger partial charge in [-0.1, -0.05) is 24.9 Å². The smallest absolute Gasteiger partial charge is 0.409 e. The van der Waals surface area contributed by atoms with Crippen LogP contribution in [-0.2, 0) is 4.74 Å². The number of hydrogen-bond acceptors (Lipinski definition) is 6. The third-order valence-corrected chi connectivity index (χ3v) is 3.68. The number of carbonyl (C=O) groups is 1. The average molecular weight is 328 g/mol. The minimum Gasteiger partial charge on any atom is -0.449 e. The second-order valence-electron chi connectivity index (χ2n) is 5.06. The summed E-state index contributed by atoms with van der Waals surface area (Å²) in [6.07, 6.45) is 1.69. The third kappa shape index (κ3) is 4.37. The maximum atomic E-state index is 11.9. The van der Waals surface area contributed by atoms with Gasteiger partial charge in [-0.3, -0.25) is 0 Å². The minimum atomic E-state index is -0.232. The van der Waals surface area contributed by atoms with Crippen LogP contribution in [0.4, 0.5) is 16.6 Å². The van der Waals surface area contributed by atoms with Gasteiger partial charge in [0.2, 0.25) is 5.95 Å². The molecule has 0 bridgehead atoms. The van der Waals surface area contributed by atoms with Gasteiger partial charge in [0.15, 0.2) is 0 Å². The Labute approximate surface area is 135 Å². The summed E-state index contributed by atoms with van der Waals surface area (Å²) in [5.41, 5.74) is 0. The van der Waals surface area contributed by atoms with E-state index in [2.05, 4.69) is 27.1 Å². The second-order valence-corrected chi connectivity index (χ2v) is 5.45. The molecule has 0 aliphatic carbocycles. The molecule has 1 fully saturated rings. The molecule has 0 saturated carbocycles. The highest BCUT2D eigenvalue weighted by Gasteiger charge is 2.23. The molecule has 1 aliphatic rings. The molecule has 0 radical (unpaired) electrons. The Morgan fingerprint density at radius 2 is 2.09 bits per heavy atom. The van der Waals surface area contributed by atoms with Gasteiger partial charge >= 0.3 is 6.09 Å². The molecule has 1 N–H and O–H groups in total. The Bertz CT molecular complexity index is 506. The molecule has 8 heteroatoms. The van der Waals surface area contributed by atoms with Crippen molar-refractivity contribution in [2.45, 2.75) is 19.8 Å². The molecule has 0 atom stereocenters. The molecule has 2 rings (SSSR count). The van der Waals surface area contributed by atoms with Crippen molar-refractivity contribution < 1.29 is 9.53 Å². The molecule has 1 aromatic heterocycles. The topological polar surface area (TPSA) is 70.6 Å². The highest BCUT2D eigenvalue weighted by atomic mass is 35.5. The number of nitrogens with one attached hydrogen (secondary N) is 1. The molecular weight excluding hydrogens is 306 g/mol. The number of halogens is 1. The first kappa shape index (κ1) is 16.6. The fourth-order valence-electron chi connectivity index (χ4n) is 2.19. The fourth-order valence-corrected chi connectivity index (χ4v) is 2.37. The van der Waals surface area contributed by atoms with Gasteiger partial charge in [0.25, 0.3) is 0 Å². The second kappa shape index (κ2) is 8.03. The SMILES string of the molecule is CCCCOC(=O)N1CCN(c2cc(Cl)nc(NC)n2)CC1. The maximum absolute atomic E-state index is 11.9. The quantitative estimate of drug-likeness (QED) is 0.660. The van der Waals surface area contributed by atoms with Gasteiger partial charge in [-0.05, 0) is 6.42 Å². The van der Waals surface area contributed by atoms with Crippen molar-refractivity contribution in [3.8, 4) is 0 Å². The van der Waals surface area contributed by atoms with E-state index in [0.29, 0.717) is 43.9 Å². The zero-order valence-corrected chi connectivity index (χ0v) is 13.8. The van der Waals surface area contributed by atoms with E-state index in [9.17, 15) is 4.79 Å². The van der Waals surface area contributed by atoms with Crippen LogP contribution in [0.3, 0.4) is 0 Å². The zero-order chi connectivity index (χ0) is 15.9. The highest BCUT2D eigenvalue weighted by Crippen LogP contribution is 2.19. The van der Waals surface area contributed by atoms with Gasteiger partial charge in [0.1, 0.15) is 11.0 Å². The van der Waals surface area contributed by atoms with Crippen molar-refractivity contribution in [3.05, 3.63) is 11.2 Å². The number of amides is 1. The van der Waals surface area contributed by atoms with E-state index in [1.54, 1.807) is 18.0 Å². The number of aromatic nitrogens is 2. The van der Waals surface area contributed by atoms with Crippen LogP contribution in [0.25, 0.3) is 0 Å². The van der Waals surface area contributed by atoms with E-state index in [1.165, 1.54) is 0 Å². The number of piperazine rings is 1. The highest BCUT2D eigenvalue weighted by molar-refractivity contribution is 6.29. The van der Waals surface area contributed by atoms with Crippen LogP contribution in [0.2, 0.25) is 5.15 Å². The summed E-state index contributed by atoms with van der Waals surface area (Å²) < 4.78 is 5.23. The molecule has 0 spiro atoms. The van der Waals surface area contributed by atoms with Gasteiger partial charge < -0.3 is 19.9 Å². The van der Waals surface area contributed by atoms with E-state index in [4.69, 9.17) is 16.3 Å². The van der Waals surface area contributed by atoms with E-state index in [0.717, 1.165) is 18.7 Å². The number of hydrogen-bond donors (Lipinski definition) is 1. The number of nitrogens with zero attached hydrogens (tertiary/aromatic N) is 4. The van der Waals surface area contributed by atoms with Crippen LogP contribution >= 0.6 is 11.6 Å². The van der Waals surface area contributed by atoms with Gasteiger partial charge in [-0.2, -0.15) is 4.98 Å². The lowest BCUT2D eigenvalue weighted by Gasteiger charge is -2.34. The lowest BCUT2D eigenvalue weighted by molar-refractivity contribution is 0.0989. The first-order valence-electron chi connectivity index (χ1n) is 7.53. The van der Waals surface area contributed by atoms with Crippen molar-refractivity contribution in [1.29, 1.82) is 0 Å². The number of anilines is 2. The van der Waals surface area contributed by atoms with E-state index < -0.39 is 0 Å². The lowest BCUT2D eigenvalue weighted by Crippen LogP contribution is -2.49. The normalized spacial score (nSPS) is 14.9. The molecule has 1 saturated heterocycles. The summed E-state index contributed by atoms with van der Waals surface area (Å²) in [6.45, 7) is 5.17. The van der Waals surface area contributed by atoms with E-state index in [1.807, 2.05) is 0 Å². The Hall–Kier alpha value is -1.76. The predicted molar refractivity (Wildman–Crippen MR) is 86.6 cm³/mol. The zero-order valence-electron chi connectivity index (χ0n) is 13.0. The van der Waals surface area contributed by atoms with Crippen molar-refractivity contribution in [2.75, 3.05) is 50.1 Å². The maximum Gasteiger partial charge on any atom is 0.409 e. The van der Waals surface area contributed by atoms with Gasteiger partial charge in [-0.25, -0.2) is 9.78 Å². The van der Waals surface area contributed by atoms with Crippen LogP contribution in [0, 0.1) is 0 Å². The molecule has 0 aromatic carbocycles. The number of ether oxygens (including phenoxy) is 1. The Morgan fingerprint density at radius 3 is 2.73 bits per heavy atom. The standard InChI is InChI=1S/C14H22ClN5O2/c1-3-4-9-22-14(21)20-7-5-19(6-8-20)12-10-11(15)17-13(16-2)18-12/h10H,3-9H2,1-2H3,(H,16,17,18). The average Bonchev–Trinajstić information content (AvgIpc) is 2.54. The summed E-state index contributed by atoms with van der Waals surface area (Å²) in [5.74, 6) is 1.26. The molecule has 1 aromatic rings. The largest absolute Gasteiger partial charge is 0.449 e. The predicted octanol–water partition coefficient (Wildman–Crippen LogP) is 2.23. The van der Waals surface area contributed by atoms with Crippen LogP contribution < -0.4 is 10.2 Å². The lowest BCUT2D eigenvalue weighted by atomic mass is 10.3. The monoisotopic (exact) mass is 327 g/mol. The molecule has 122 valence electrons. The van der Waals surface area contributed by atoms with Crippen molar-refractivity contribution >= 4 is 29.5 Å². The molecule has 1 aliphatic heterocycles. The van der Waals surface area contributed by atoms with Crippen molar-refractivity contribution in [1.82, 2.24) is 14.9 Å². The van der Waals surface area contributed by atoms with Gasteiger partial charge in [0.05, 0.1) is 6.61 Å². The first-order valence-corrected chi connectivity index (χ1v) is 7.90. The molecular formula is C14H22ClN5O2. The van der Waals surface area contributed by atoms with Crippen molar-refractivity contribution in [3.63, 3.8) is 0 Å². The Balaban J connectivity index is 1.89. The Morgan fingerprint density at radius 1 is 1.36 bits per heavy atom. The summed E-state index contributed by atoms with van der Waals surface area (Å²) >= 11 is 6.00. The van der Waals surface area contributed by atoms with Gasteiger partial charge in [0, 0.05) is 39.3 Å². The fraction of sp³-hybridized carbons (Fsp3) is 0.643. The summed E-state index contributed by atoms with van der Waals surface area (Å²) in [5, 5.41) is 3.28. The summed E-state index contributed by atoms with van der Waals surface area (Å²) in [7, 11) is 1.75. The van der Waals surface area contributed by atoms with Crippen LogP contribution in [0.15, 0.2) is 6.07 Å².